The van der Waals surface area contributed by atoms with Crippen LogP contribution in [0, 0.1) is 0 Å². The van der Waals surface area contributed by atoms with Crippen LogP contribution in [0.2, 0.25) is 0 Å². The normalized spacial score (nSPS) is 11.6. The first-order valence-corrected chi connectivity index (χ1v) is 7.83. The fourth-order valence-corrected chi connectivity index (χ4v) is 2.24. The molecule has 4 heteroatoms. The van der Waals surface area contributed by atoms with Gasteiger partial charge in [0, 0.05) is 0 Å². The van der Waals surface area contributed by atoms with Crippen molar-refractivity contribution in [3.63, 3.8) is 0 Å². The van der Waals surface area contributed by atoms with Crippen molar-refractivity contribution in [2.75, 3.05) is 6.16 Å². The minimum absolute atomic E-state index is 0.396. The molecule has 0 aromatic carbocycles. The first kappa shape index (κ1) is 15.8. The van der Waals surface area contributed by atoms with E-state index in [2.05, 4.69) is 6.58 Å². The van der Waals surface area contributed by atoms with E-state index >= 15 is 0 Å². The Kier molecular flexibility index (Phi) is 9.91. The van der Waals surface area contributed by atoms with Gasteiger partial charge in [0.25, 0.3) is 0 Å². The van der Waals surface area contributed by atoms with Crippen molar-refractivity contribution in [1.82, 2.24) is 0 Å². The number of halogens is 2. The van der Waals surface area contributed by atoms with Crippen LogP contribution in [-0.2, 0) is 4.57 Å². The van der Waals surface area contributed by atoms with E-state index < -0.39 is 13.9 Å². The van der Waals surface area contributed by atoms with Gasteiger partial charge in [-0.3, -0.25) is 4.57 Å². The number of hydrogen-bond donors (Lipinski definition) is 0. The molecule has 0 saturated carbocycles. The highest BCUT2D eigenvalue weighted by atomic mass is 31.2. The molecule has 0 rings (SSSR count). The average molecular weight is 252 g/mol. The molecule has 0 fully saturated rings. The van der Waals surface area contributed by atoms with Gasteiger partial charge in [-0.1, -0.05) is 44.6 Å². The lowest BCUT2D eigenvalue weighted by Crippen LogP contribution is -1.84. The van der Waals surface area contributed by atoms with Gasteiger partial charge in [-0.15, -0.1) is 6.58 Å². The van der Waals surface area contributed by atoms with Crippen LogP contribution >= 0.6 is 7.76 Å². The molecular formula is C12H23F2OP. The van der Waals surface area contributed by atoms with Crippen LogP contribution in [0.15, 0.2) is 12.7 Å². The van der Waals surface area contributed by atoms with Gasteiger partial charge in [0.15, 0.2) is 0 Å². The Morgan fingerprint density at radius 2 is 1.31 bits per heavy atom. The summed E-state index contributed by atoms with van der Waals surface area (Å²) in [5.74, 6) is 0. The van der Waals surface area contributed by atoms with Crippen molar-refractivity contribution in [2.45, 2.75) is 57.8 Å². The molecule has 0 bridgehead atoms. The first-order chi connectivity index (χ1) is 7.56. The van der Waals surface area contributed by atoms with Gasteiger partial charge in [0.2, 0.25) is 0 Å². The summed E-state index contributed by atoms with van der Waals surface area (Å²) >= 11 is 0. The standard InChI is InChI=1S/C12H23F2OP/c1-2-3-4-5-6-7-8-9-10-11-12-16(13,14)15/h2H,1,3-12H2. The van der Waals surface area contributed by atoms with Gasteiger partial charge >= 0.3 is 7.76 Å². The summed E-state index contributed by atoms with van der Waals surface area (Å²) in [6.07, 6.45) is 10.7. The molecule has 0 radical (unpaired) electrons. The molecule has 0 atom stereocenters. The number of unbranched alkanes of at least 4 members (excludes halogenated alkanes) is 8. The van der Waals surface area contributed by atoms with Crippen LogP contribution < -0.4 is 0 Å². The molecule has 1 nitrogen and oxygen atoms in total. The predicted molar refractivity (Wildman–Crippen MR) is 66.4 cm³/mol. The third-order valence-electron chi connectivity index (χ3n) is 2.58. The van der Waals surface area contributed by atoms with Crippen molar-refractivity contribution in [3.05, 3.63) is 12.7 Å². The van der Waals surface area contributed by atoms with Crippen molar-refractivity contribution >= 4 is 7.76 Å². The fourth-order valence-electron chi connectivity index (χ4n) is 1.65. The summed E-state index contributed by atoms with van der Waals surface area (Å²) < 4.78 is 34.1. The molecule has 0 unspecified atom stereocenters. The second kappa shape index (κ2) is 10.0. The van der Waals surface area contributed by atoms with Gasteiger partial charge in [-0.25, -0.2) is 0 Å². The van der Waals surface area contributed by atoms with E-state index in [-0.39, 0.29) is 0 Å². The SMILES string of the molecule is C=CCCCCCCCCCCP(=O)(F)F. The summed E-state index contributed by atoms with van der Waals surface area (Å²) in [6.45, 7) is 3.66. The molecule has 0 aliphatic rings. The van der Waals surface area contributed by atoms with Crippen LogP contribution in [-0.4, -0.2) is 6.16 Å². The van der Waals surface area contributed by atoms with Crippen LogP contribution in [0.5, 0.6) is 0 Å². The Morgan fingerprint density at radius 1 is 0.875 bits per heavy atom. The maximum absolute atomic E-state index is 12.0. The van der Waals surface area contributed by atoms with E-state index in [9.17, 15) is 13.0 Å². The quantitative estimate of drug-likeness (QED) is 0.257. The lowest BCUT2D eigenvalue weighted by molar-refractivity contribution is 0.488. The summed E-state index contributed by atoms with van der Waals surface area (Å²) in [4.78, 5) is 0. The lowest BCUT2D eigenvalue weighted by Gasteiger charge is -2.01. The number of allylic oxidation sites excluding steroid dienone is 1. The van der Waals surface area contributed by atoms with Crippen molar-refractivity contribution in [2.24, 2.45) is 0 Å². The Hall–Kier alpha value is -0.170. The highest BCUT2D eigenvalue weighted by Gasteiger charge is 2.16. The molecule has 0 aromatic heterocycles. The molecule has 0 heterocycles. The fraction of sp³-hybridized carbons (Fsp3) is 0.833. The lowest BCUT2D eigenvalue weighted by atomic mass is 10.1. The van der Waals surface area contributed by atoms with E-state index in [0.717, 1.165) is 25.7 Å². The predicted octanol–water partition coefficient (Wildman–Crippen LogP) is 5.82. The van der Waals surface area contributed by atoms with Crippen LogP contribution in [0.25, 0.3) is 0 Å². The molecule has 16 heavy (non-hydrogen) atoms. The van der Waals surface area contributed by atoms with Crippen LogP contribution in [0.4, 0.5) is 8.39 Å². The topological polar surface area (TPSA) is 17.1 Å². The van der Waals surface area contributed by atoms with Gasteiger partial charge < -0.3 is 0 Å². The summed E-state index contributed by atoms with van der Waals surface area (Å²) in [7, 11) is -4.75. The molecule has 0 aliphatic carbocycles. The molecule has 0 aromatic rings. The smallest absolute Gasteiger partial charge is 0.250 e. The van der Waals surface area contributed by atoms with Crippen molar-refractivity contribution in [1.29, 1.82) is 0 Å². The number of hydrogen-bond acceptors (Lipinski definition) is 1. The second-order valence-electron chi connectivity index (χ2n) is 4.20. The monoisotopic (exact) mass is 252 g/mol. The second-order valence-corrected chi connectivity index (χ2v) is 5.79. The van der Waals surface area contributed by atoms with E-state index in [1.807, 2.05) is 6.08 Å². The van der Waals surface area contributed by atoms with E-state index in [1.165, 1.54) is 25.7 Å². The van der Waals surface area contributed by atoms with Gasteiger partial charge in [0.1, 0.15) is 0 Å². The zero-order chi connectivity index (χ0) is 12.3. The minimum atomic E-state index is -4.75. The van der Waals surface area contributed by atoms with E-state index in [0.29, 0.717) is 6.42 Å². The molecule has 0 saturated heterocycles. The largest absolute Gasteiger partial charge is 0.402 e. The zero-order valence-electron chi connectivity index (χ0n) is 9.97. The third kappa shape index (κ3) is 13.8. The zero-order valence-corrected chi connectivity index (χ0v) is 10.9. The Morgan fingerprint density at radius 3 is 1.75 bits per heavy atom. The summed E-state index contributed by atoms with van der Waals surface area (Å²) in [6, 6.07) is 0. The molecule has 0 amide bonds. The molecule has 0 aliphatic heterocycles. The Bertz CT molecular complexity index is 213. The highest BCUT2D eigenvalue weighted by Crippen LogP contribution is 2.49. The minimum Gasteiger partial charge on any atom is -0.250 e. The van der Waals surface area contributed by atoms with Gasteiger partial charge in [-0.2, -0.15) is 8.39 Å². The third-order valence-corrected chi connectivity index (χ3v) is 3.41. The summed E-state index contributed by atoms with van der Waals surface area (Å²) in [5.41, 5.74) is 0. The highest BCUT2D eigenvalue weighted by molar-refractivity contribution is 7.52. The molecular weight excluding hydrogens is 229 g/mol. The maximum atomic E-state index is 12.0. The van der Waals surface area contributed by atoms with Crippen molar-refractivity contribution in [3.8, 4) is 0 Å². The Balaban J connectivity index is 3.04. The molecule has 0 N–H and O–H groups in total. The van der Waals surface area contributed by atoms with Crippen LogP contribution in [0.1, 0.15) is 57.8 Å². The summed E-state index contributed by atoms with van der Waals surface area (Å²) in [5, 5.41) is 0. The molecule has 0 spiro atoms. The molecule has 96 valence electrons. The number of rotatable bonds is 11. The Labute approximate surface area is 97.9 Å². The van der Waals surface area contributed by atoms with Crippen molar-refractivity contribution < 1.29 is 13.0 Å². The van der Waals surface area contributed by atoms with Crippen LogP contribution in [0.3, 0.4) is 0 Å². The average Bonchev–Trinajstić information content (AvgIpc) is 2.19. The van der Waals surface area contributed by atoms with Gasteiger partial charge in [-0.05, 0) is 19.3 Å². The van der Waals surface area contributed by atoms with E-state index in [4.69, 9.17) is 0 Å². The van der Waals surface area contributed by atoms with E-state index in [1.54, 1.807) is 0 Å². The first-order valence-electron chi connectivity index (χ1n) is 6.15. The maximum Gasteiger partial charge on any atom is 0.402 e. The van der Waals surface area contributed by atoms with Gasteiger partial charge in [0.05, 0.1) is 6.16 Å².